The maximum atomic E-state index is 5.78. The Hall–Kier alpha value is -1.42. The van der Waals surface area contributed by atoms with Crippen LogP contribution < -0.4 is 11.1 Å². The Bertz CT molecular complexity index is 587. The Labute approximate surface area is 118 Å². The molecule has 19 heavy (non-hydrogen) atoms. The summed E-state index contributed by atoms with van der Waals surface area (Å²) in [5, 5.41) is 4.57. The van der Waals surface area contributed by atoms with Crippen LogP contribution in [0.1, 0.15) is 19.3 Å². The van der Waals surface area contributed by atoms with Crippen LogP contribution in [0, 0.1) is 0 Å². The molecule has 4 heteroatoms. The maximum absolute atomic E-state index is 5.78. The van der Waals surface area contributed by atoms with Gasteiger partial charge in [-0.1, -0.05) is 6.42 Å². The number of nitrogens with two attached hydrogens (primary N) is 1. The van der Waals surface area contributed by atoms with Gasteiger partial charge in [0.1, 0.15) is 5.82 Å². The van der Waals surface area contributed by atoms with Crippen molar-refractivity contribution in [3.63, 3.8) is 0 Å². The van der Waals surface area contributed by atoms with Crippen LogP contribution in [0.3, 0.4) is 0 Å². The van der Waals surface area contributed by atoms with E-state index < -0.39 is 0 Å². The Kier molecular flexibility index (Phi) is 3.27. The fourth-order valence-electron chi connectivity index (χ4n) is 2.52. The van der Waals surface area contributed by atoms with E-state index in [-0.39, 0.29) is 0 Å². The third-order valence-corrected chi connectivity index (χ3v) is 5.42. The summed E-state index contributed by atoms with van der Waals surface area (Å²) in [4.78, 5) is 4.64. The number of nitrogens with one attached hydrogen (secondary N) is 1. The number of thioether (sulfide) groups is 1. The van der Waals surface area contributed by atoms with E-state index in [0.29, 0.717) is 4.75 Å². The lowest BCUT2D eigenvalue weighted by molar-refractivity contribution is 0.379. The van der Waals surface area contributed by atoms with Gasteiger partial charge in [0.2, 0.25) is 0 Å². The van der Waals surface area contributed by atoms with Gasteiger partial charge in [-0.05, 0) is 49.4 Å². The van der Waals surface area contributed by atoms with E-state index in [0.717, 1.165) is 29.0 Å². The van der Waals surface area contributed by atoms with Crippen molar-refractivity contribution < 1.29 is 0 Å². The van der Waals surface area contributed by atoms with Crippen LogP contribution in [-0.4, -0.2) is 22.5 Å². The molecule has 0 atom stereocenters. The van der Waals surface area contributed by atoms with Crippen molar-refractivity contribution in [3.8, 4) is 0 Å². The highest BCUT2D eigenvalue weighted by Gasteiger charge is 2.35. The molecule has 3 N–H and O–H groups in total. The Morgan fingerprint density at radius 3 is 2.84 bits per heavy atom. The van der Waals surface area contributed by atoms with Crippen molar-refractivity contribution in [2.75, 3.05) is 23.9 Å². The highest BCUT2D eigenvalue weighted by atomic mass is 32.2. The van der Waals surface area contributed by atoms with E-state index in [1.54, 1.807) is 0 Å². The lowest BCUT2D eigenvalue weighted by atomic mass is 9.84. The van der Waals surface area contributed by atoms with E-state index in [4.69, 9.17) is 5.73 Å². The molecule has 0 amide bonds. The second-order valence-corrected chi connectivity index (χ2v) is 6.52. The minimum atomic E-state index is 0.428. The van der Waals surface area contributed by atoms with Crippen LogP contribution >= 0.6 is 11.8 Å². The largest absolute Gasteiger partial charge is 0.399 e. The molecule has 0 spiro atoms. The molecule has 0 radical (unpaired) electrons. The number of benzene rings is 1. The van der Waals surface area contributed by atoms with E-state index in [1.165, 1.54) is 19.3 Å². The summed E-state index contributed by atoms with van der Waals surface area (Å²) in [5.74, 6) is 0.956. The van der Waals surface area contributed by atoms with Crippen LogP contribution in [0.2, 0.25) is 0 Å². The minimum Gasteiger partial charge on any atom is -0.399 e. The van der Waals surface area contributed by atoms with Gasteiger partial charge >= 0.3 is 0 Å². The highest BCUT2D eigenvalue weighted by molar-refractivity contribution is 8.00. The predicted octanol–water partition coefficient (Wildman–Crippen LogP) is 3.51. The third-order valence-electron chi connectivity index (χ3n) is 4.00. The van der Waals surface area contributed by atoms with E-state index in [2.05, 4.69) is 22.6 Å². The van der Waals surface area contributed by atoms with Gasteiger partial charge in [-0.3, -0.25) is 0 Å². The van der Waals surface area contributed by atoms with E-state index >= 15 is 0 Å². The molecule has 0 aliphatic heterocycles. The van der Waals surface area contributed by atoms with Crippen LogP contribution in [0.5, 0.6) is 0 Å². The van der Waals surface area contributed by atoms with Crippen molar-refractivity contribution in [2.24, 2.45) is 0 Å². The molecule has 1 fully saturated rings. The van der Waals surface area contributed by atoms with Crippen molar-refractivity contribution >= 4 is 34.2 Å². The van der Waals surface area contributed by atoms with Crippen molar-refractivity contribution in [1.29, 1.82) is 0 Å². The molecule has 1 aromatic carbocycles. The molecule has 1 heterocycles. The zero-order valence-electron chi connectivity index (χ0n) is 11.1. The van der Waals surface area contributed by atoms with Crippen molar-refractivity contribution in [3.05, 3.63) is 30.3 Å². The topological polar surface area (TPSA) is 50.9 Å². The van der Waals surface area contributed by atoms with Gasteiger partial charge in [0.05, 0.1) is 5.52 Å². The SMILES string of the molecule is CSC1(CNc2ccc3cc(N)ccc3n2)CCC1. The van der Waals surface area contributed by atoms with Crippen LogP contribution in [0.15, 0.2) is 30.3 Å². The fourth-order valence-corrected chi connectivity index (χ4v) is 3.43. The van der Waals surface area contributed by atoms with Gasteiger partial charge in [-0.25, -0.2) is 4.98 Å². The maximum Gasteiger partial charge on any atom is 0.126 e. The molecule has 1 saturated carbocycles. The number of nitrogens with zero attached hydrogens (tertiary/aromatic N) is 1. The first-order valence-corrected chi connectivity index (χ1v) is 7.89. The van der Waals surface area contributed by atoms with Gasteiger partial charge in [0.15, 0.2) is 0 Å². The number of rotatable bonds is 4. The molecular formula is C15H19N3S. The average molecular weight is 273 g/mol. The quantitative estimate of drug-likeness (QED) is 0.837. The first kappa shape index (κ1) is 12.6. The second-order valence-electron chi connectivity index (χ2n) is 5.24. The molecule has 100 valence electrons. The van der Waals surface area contributed by atoms with Gasteiger partial charge in [0.25, 0.3) is 0 Å². The monoisotopic (exact) mass is 273 g/mol. The molecule has 1 aromatic heterocycles. The summed E-state index contributed by atoms with van der Waals surface area (Å²) in [6.45, 7) is 1.00. The number of pyridine rings is 1. The minimum absolute atomic E-state index is 0.428. The standard InChI is InChI=1S/C15H19N3S/c1-19-15(7-2-8-15)10-17-14-6-3-11-9-12(16)4-5-13(11)18-14/h3-6,9H,2,7-8,10,16H2,1H3,(H,17,18). The molecule has 3 rings (SSSR count). The normalized spacial score (nSPS) is 17.1. The summed E-state index contributed by atoms with van der Waals surface area (Å²) < 4.78 is 0.428. The Morgan fingerprint density at radius 1 is 1.32 bits per heavy atom. The first-order chi connectivity index (χ1) is 9.21. The molecule has 1 aliphatic carbocycles. The van der Waals surface area contributed by atoms with Gasteiger partial charge in [-0.15, -0.1) is 0 Å². The molecule has 3 nitrogen and oxygen atoms in total. The number of anilines is 2. The number of hydrogen-bond donors (Lipinski definition) is 2. The smallest absolute Gasteiger partial charge is 0.126 e. The molecular weight excluding hydrogens is 254 g/mol. The molecule has 0 bridgehead atoms. The molecule has 0 saturated heterocycles. The third kappa shape index (κ3) is 2.50. The molecule has 0 unspecified atom stereocenters. The Balaban J connectivity index is 1.76. The van der Waals surface area contributed by atoms with Gasteiger partial charge in [0, 0.05) is 22.4 Å². The number of fused-ring (bicyclic) bond motifs is 1. The predicted molar refractivity (Wildman–Crippen MR) is 84.7 cm³/mol. The lowest BCUT2D eigenvalue weighted by Gasteiger charge is -2.40. The zero-order valence-corrected chi connectivity index (χ0v) is 12.0. The number of aromatic nitrogens is 1. The van der Waals surface area contributed by atoms with Crippen molar-refractivity contribution in [2.45, 2.75) is 24.0 Å². The van der Waals surface area contributed by atoms with E-state index in [9.17, 15) is 0 Å². The first-order valence-electron chi connectivity index (χ1n) is 6.66. The molecule has 2 aromatic rings. The summed E-state index contributed by atoms with van der Waals surface area (Å²) in [7, 11) is 0. The van der Waals surface area contributed by atoms with Crippen LogP contribution in [0.25, 0.3) is 10.9 Å². The van der Waals surface area contributed by atoms with Crippen LogP contribution in [0.4, 0.5) is 11.5 Å². The van der Waals surface area contributed by atoms with Gasteiger partial charge < -0.3 is 11.1 Å². The summed E-state index contributed by atoms with van der Waals surface area (Å²) in [5.41, 5.74) is 7.55. The summed E-state index contributed by atoms with van der Waals surface area (Å²) in [6, 6.07) is 9.95. The highest BCUT2D eigenvalue weighted by Crippen LogP contribution is 2.42. The van der Waals surface area contributed by atoms with E-state index in [1.807, 2.05) is 36.0 Å². The second kappa shape index (κ2) is 4.93. The number of hydrogen-bond acceptors (Lipinski definition) is 4. The summed E-state index contributed by atoms with van der Waals surface area (Å²) in [6.07, 6.45) is 6.18. The zero-order chi connectivity index (χ0) is 13.3. The van der Waals surface area contributed by atoms with Crippen molar-refractivity contribution in [1.82, 2.24) is 4.98 Å². The lowest BCUT2D eigenvalue weighted by Crippen LogP contribution is -2.40. The Morgan fingerprint density at radius 2 is 2.16 bits per heavy atom. The fraction of sp³-hybridized carbons (Fsp3) is 0.400. The molecule has 1 aliphatic rings. The van der Waals surface area contributed by atoms with Gasteiger partial charge in [-0.2, -0.15) is 11.8 Å². The average Bonchev–Trinajstić information content (AvgIpc) is 2.38. The number of nitrogen functional groups attached to an aromatic ring is 1. The van der Waals surface area contributed by atoms with Crippen LogP contribution in [-0.2, 0) is 0 Å². The summed E-state index contributed by atoms with van der Waals surface area (Å²) >= 11 is 1.98.